The van der Waals surface area contributed by atoms with Crippen molar-refractivity contribution in [2.45, 2.75) is 212 Å². The number of nitrogens with zero attached hydrogens (tertiary/aromatic N) is 1. The molecular weight excluding hydrogens is 871 g/mol. The van der Waals surface area contributed by atoms with E-state index < -0.39 is 18.1 Å². The van der Waals surface area contributed by atoms with Crippen LogP contribution in [0.25, 0.3) is 0 Å². The molecule has 0 fully saturated rings. The quantitative estimate of drug-likeness (QED) is 0.0281. The van der Waals surface area contributed by atoms with Crippen LogP contribution in [0.15, 0.2) is 122 Å². The molecule has 0 aliphatic carbocycles. The number of carboxylic acids is 1. The van der Waals surface area contributed by atoms with E-state index in [-0.39, 0.29) is 36.2 Å². The van der Waals surface area contributed by atoms with E-state index in [1.165, 1.54) is 51.4 Å². The minimum atomic E-state index is -0.884. The second-order valence-corrected chi connectivity index (χ2v) is 19.1. The van der Waals surface area contributed by atoms with Crippen LogP contribution in [0, 0.1) is 0 Å². The van der Waals surface area contributed by atoms with E-state index in [1.807, 2.05) is 21.1 Å². The summed E-state index contributed by atoms with van der Waals surface area (Å²) in [7, 11) is 5.52. The van der Waals surface area contributed by atoms with Gasteiger partial charge in [0.05, 0.1) is 34.4 Å². The fourth-order valence-corrected chi connectivity index (χ4v) is 7.44. The zero-order chi connectivity index (χ0) is 51.3. The first kappa shape index (κ1) is 65.7. The lowest BCUT2D eigenvalue weighted by Crippen LogP contribution is -2.50. The maximum absolute atomic E-state index is 12.8. The minimum Gasteiger partial charge on any atom is -0.477 e. The Balaban J connectivity index is 4.29. The Labute approximate surface area is 429 Å². The van der Waals surface area contributed by atoms with Crippen molar-refractivity contribution in [1.82, 2.24) is 0 Å². The number of esters is 2. The monoisotopic (exact) mass is 973 g/mol. The highest BCUT2D eigenvalue weighted by Gasteiger charge is 2.31. The topological polar surface area (TPSA) is 99.1 Å². The van der Waals surface area contributed by atoms with Crippen molar-refractivity contribution >= 4 is 17.9 Å². The van der Waals surface area contributed by atoms with Crippen molar-refractivity contribution in [2.75, 3.05) is 41.0 Å². The van der Waals surface area contributed by atoms with Crippen molar-refractivity contribution in [3.63, 3.8) is 0 Å². The smallest absolute Gasteiger partial charge is 0.362 e. The molecule has 0 saturated heterocycles. The van der Waals surface area contributed by atoms with Crippen LogP contribution in [0.2, 0.25) is 0 Å². The first-order chi connectivity index (χ1) is 34.1. The van der Waals surface area contributed by atoms with Crippen molar-refractivity contribution in [2.24, 2.45) is 0 Å². The average molecular weight is 973 g/mol. The maximum atomic E-state index is 12.8. The van der Waals surface area contributed by atoms with Gasteiger partial charge in [0.15, 0.2) is 12.1 Å². The summed E-state index contributed by atoms with van der Waals surface area (Å²) in [5.74, 6) is -1.52. The second kappa shape index (κ2) is 51.1. The Bertz CT molecular complexity index is 1550. The van der Waals surface area contributed by atoms with Gasteiger partial charge in [-0.2, -0.15) is 0 Å². The van der Waals surface area contributed by atoms with Gasteiger partial charge in [0.2, 0.25) is 0 Å². The number of unbranched alkanes of at least 4 members (excludes halogenated alkanes) is 14. The minimum absolute atomic E-state index is 0.0414. The van der Waals surface area contributed by atoms with Gasteiger partial charge in [0, 0.05) is 19.3 Å². The molecule has 0 aromatic heterocycles. The number of rotatable bonds is 48. The van der Waals surface area contributed by atoms with Gasteiger partial charge in [-0.15, -0.1) is 0 Å². The molecule has 8 nitrogen and oxygen atoms in total. The molecule has 2 unspecified atom stereocenters. The number of quaternary nitrogens is 1. The summed E-state index contributed by atoms with van der Waals surface area (Å²) in [4.78, 5) is 37.3. The normalized spacial score (nSPS) is 13.8. The Kier molecular flexibility index (Phi) is 48.0. The number of allylic oxidation sites excluding steroid dienone is 20. The van der Waals surface area contributed by atoms with E-state index >= 15 is 0 Å². The molecule has 0 amide bonds. The SMILES string of the molecule is CC/C=C/C/C=C/C/C=C/C/C=C/C/C=C/C/C=C/CCCCCCC(=O)OC(COCCC(C(=O)O)[N+](C)(C)C)COC(=O)CCCCCCCCCCCC/C=C/C/C=C/C/C=C/C/C=C/CC. The number of carbonyl (C=O) groups is 3. The molecule has 8 heteroatoms. The summed E-state index contributed by atoms with van der Waals surface area (Å²) in [6.45, 7) is 4.47. The molecule has 396 valence electrons. The molecular formula is C62H102NO7+. The third-order valence-corrected chi connectivity index (χ3v) is 11.6. The Morgan fingerprint density at radius 3 is 1.11 bits per heavy atom. The number of carbonyl (C=O) groups excluding carboxylic acids is 2. The lowest BCUT2D eigenvalue weighted by molar-refractivity contribution is -0.887. The van der Waals surface area contributed by atoms with E-state index in [4.69, 9.17) is 14.2 Å². The van der Waals surface area contributed by atoms with Crippen LogP contribution in [0.3, 0.4) is 0 Å². The summed E-state index contributed by atoms with van der Waals surface area (Å²) >= 11 is 0. The molecule has 0 spiro atoms. The summed E-state index contributed by atoms with van der Waals surface area (Å²) in [6.07, 6.45) is 72.5. The first-order valence-electron chi connectivity index (χ1n) is 27.6. The summed E-state index contributed by atoms with van der Waals surface area (Å²) < 4.78 is 17.4. The molecule has 0 aromatic rings. The fourth-order valence-electron chi connectivity index (χ4n) is 7.44. The zero-order valence-corrected chi connectivity index (χ0v) is 45.2. The molecule has 0 rings (SSSR count). The number of carboxylic acid groups (broad SMARTS) is 1. The van der Waals surface area contributed by atoms with E-state index in [0.717, 1.165) is 116 Å². The van der Waals surface area contributed by atoms with Crippen molar-refractivity contribution in [3.8, 4) is 0 Å². The molecule has 2 atom stereocenters. The second-order valence-electron chi connectivity index (χ2n) is 19.1. The van der Waals surface area contributed by atoms with Gasteiger partial charge < -0.3 is 23.8 Å². The standard InChI is InChI=1S/C62H101NO7/c1-6-8-10-12-14-16-18-20-22-24-26-28-30-32-34-36-38-40-42-44-46-48-50-52-60(64)69-57-58(56-68-55-54-59(62(66)67)63(3,4)5)70-61(65)53-51-49-47-45-43-41-39-37-35-33-31-29-27-25-23-21-19-17-15-13-11-9-7-2/h8-11,14-17,20-23,26-29,33,35,39,41,58-59H,6-7,12-13,18-19,24-25,30-32,34,36-38,40,42-57H2,1-5H3/p+1/b10-8+,11-9+,16-14+,17-15+,22-20+,23-21+,28-26+,29-27+,35-33+,41-39+. The Morgan fingerprint density at radius 1 is 0.429 bits per heavy atom. The molecule has 0 heterocycles. The highest BCUT2D eigenvalue weighted by molar-refractivity contribution is 5.72. The third kappa shape index (κ3) is 48.7. The first-order valence-corrected chi connectivity index (χ1v) is 27.6. The van der Waals surface area contributed by atoms with E-state index in [9.17, 15) is 19.5 Å². The lowest BCUT2D eigenvalue weighted by Gasteiger charge is -2.31. The van der Waals surface area contributed by atoms with Crippen LogP contribution in [0.1, 0.15) is 200 Å². The number of ether oxygens (including phenoxy) is 3. The van der Waals surface area contributed by atoms with Gasteiger partial charge in [-0.05, 0) is 103 Å². The van der Waals surface area contributed by atoms with Crippen LogP contribution in [-0.4, -0.2) is 80.6 Å². The van der Waals surface area contributed by atoms with Gasteiger partial charge >= 0.3 is 17.9 Å². The van der Waals surface area contributed by atoms with Crippen LogP contribution >= 0.6 is 0 Å². The Hall–Kier alpha value is -4.27. The molecule has 70 heavy (non-hydrogen) atoms. The highest BCUT2D eigenvalue weighted by atomic mass is 16.6. The van der Waals surface area contributed by atoms with Crippen LogP contribution in [-0.2, 0) is 28.6 Å². The van der Waals surface area contributed by atoms with Crippen molar-refractivity contribution in [3.05, 3.63) is 122 Å². The molecule has 0 radical (unpaired) electrons. The summed E-state index contributed by atoms with van der Waals surface area (Å²) in [5, 5.41) is 9.68. The molecule has 0 aliphatic heterocycles. The lowest BCUT2D eigenvalue weighted by atomic mass is 10.1. The highest BCUT2D eigenvalue weighted by Crippen LogP contribution is 2.14. The fraction of sp³-hybridized carbons (Fsp3) is 0.629. The molecule has 0 bridgehead atoms. The molecule has 0 saturated carbocycles. The van der Waals surface area contributed by atoms with Gasteiger partial charge in [0.25, 0.3) is 0 Å². The largest absolute Gasteiger partial charge is 0.477 e. The van der Waals surface area contributed by atoms with Crippen LogP contribution in [0.5, 0.6) is 0 Å². The molecule has 0 aromatic carbocycles. The number of aliphatic carboxylic acids is 1. The van der Waals surface area contributed by atoms with Gasteiger partial charge in [-0.3, -0.25) is 9.59 Å². The van der Waals surface area contributed by atoms with E-state index in [2.05, 4.69) is 135 Å². The van der Waals surface area contributed by atoms with E-state index in [1.54, 1.807) is 0 Å². The average Bonchev–Trinajstić information content (AvgIpc) is 3.33. The summed E-state index contributed by atoms with van der Waals surface area (Å²) in [5.41, 5.74) is 0. The van der Waals surface area contributed by atoms with Crippen molar-refractivity contribution in [1.29, 1.82) is 0 Å². The third-order valence-electron chi connectivity index (χ3n) is 11.6. The van der Waals surface area contributed by atoms with E-state index in [0.29, 0.717) is 19.3 Å². The van der Waals surface area contributed by atoms with Crippen LogP contribution in [0.4, 0.5) is 0 Å². The maximum Gasteiger partial charge on any atom is 0.362 e. The van der Waals surface area contributed by atoms with Gasteiger partial charge in [-0.25, -0.2) is 4.79 Å². The number of likely N-dealkylation sites (N-methyl/N-ethyl adjacent to an activating group) is 1. The van der Waals surface area contributed by atoms with Crippen molar-refractivity contribution < 1.29 is 38.2 Å². The summed E-state index contributed by atoms with van der Waals surface area (Å²) in [6, 6.07) is -0.629. The predicted octanol–water partition coefficient (Wildman–Crippen LogP) is 16.5. The van der Waals surface area contributed by atoms with Gasteiger partial charge in [0.1, 0.15) is 6.61 Å². The number of hydrogen-bond acceptors (Lipinski definition) is 6. The predicted molar refractivity (Wildman–Crippen MR) is 298 cm³/mol. The van der Waals surface area contributed by atoms with Crippen LogP contribution < -0.4 is 0 Å². The zero-order valence-electron chi connectivity index (χ0n) is 45.2. The molecule has 0 aliphatic rings. The molecule has 1 N–H and O–H groups in total. The van der Waals surface area contributed by atoms with Gasteiger partial charge in [-0.1, -0.05) is 200 Å². The number of hydrogen-bond donors (Lipinski definition) is 1. The Morgan fingerprint density at radius 2 is 0.757 bits per heavy atom.